The molecule has 1 heterocycles. The molecule has 0 atom stereocenters. The Morgan fingerprint density at radius 1 is 0.788 bits per heavy atom. The molecule has 3 aromatic carbocycles. The van der Waals surface area contributed by atoms with Gasteiger partial charge in [-0.25, -0.2) is 0 Å². The molecular weight excluding hydrogens is 420 g/mol. The summed E-state index contributed by atoms with van der Waals surface area (Å²) in [5.74, 6) is -1.57. The van der Waals surface area contributed by atoms with Gasteiger partial charge in [-0.2, -0.15) is 0 Å². The average Bonchev–Trinajstić information content (AvgIpc) is 2.86. The maximum Gasteiger partial charge on any atom is 0.314 e. The molecule has 168 valence electrons. The fraction of sp³-hybridized carbons (Fsp3) is 0.200. The summed E-state index contributed by atoms with van der Waals surface area (Å²) in [6, 6.07) is 26.2. The Bertz CT molecular complexity index is 1090. The molecule has 1 aliphatic heterocycles. The van der Waals surface area contributed by atoms with Crippen LogP contribution in [0.2, 0.25) is 0 Å². The van der Waals surface area contributed by atoms with Crippen molar-refractivity contribution in [1.29, 1.82) is 0 Å². The number of carbonyl (C=O) groups excluding carboxylic acids is 2. The molecule has 0 saturated carbocycles. The van der Waals surface area contributed by atoms with E-state index in [0.717, 1.165) is 11.1 Å². The van der Waals surface area contributed by atoms with Gasteiger partial charge in [0, 0.05) is 32.2 Å². The summed E-state index contributed by atoms with van der Waals surface area (Å²) < 4.78 is 0. The standard InChI is InChI=1S/C25H24N4O4/c30-24(26-21-13-7-8-14-22(21)29(32)33)25(31)28-17-15-27(16-18-28)23(19-9-3-1-4-10-19)20-11-5-2-6-12-20/h1-14,23H,15-18H2,(H,26,30). The number of nitro groups is 1. The molecule has 3 aromatic rings. The zero-order valence-corrected chi connectivity index (χ0v) is 18.0. The van der Waals surface area contributed by atoms with E-state index in [0.29, 0.717) is 26.2 Å². The summed E-state index contributed by atoms with van der Waals surface area (Å²) in [5.41, 5.74) is 2.08. The van der Waals surface area contributed by atoms with Crippen LogP contribution in [0.15, 0.2) is 84.9 Å². The Labute approximate surface area is 191 Å². The van der Waals surface area contributed by atoms with E-state index in [9.17, 15) is 19.7 Å². The number of nitrogens with one attached hydrogen (secondary N) is 1. The van der Waals surface area contributed by atoms with Crippen LogP contribution in [0, 0.1) is 10.1 Å². The van der Waals surface area contributed by atoms with Gasteiger partial charge in [-0.1, -0.05) is 72.8 Å². The predicted molar refractivity (Wildman–Crippen MR) is 125 cm³/mol. The predicted octanol–water partition coefficient (Wildman–Crippen LogP) is 3.47. The topological polar surface area (TPSA) is 95.8 Å². The van der Waals surface area contributed by atoms with Gasteiger partial charge in [0.05, 0.1) is 11.0 Å². The zero-order valence-electron chi connectivity index (χ0n) is 18.0. The Kier molecular flexibility index (Phi) is 6.75. The van der Waals surface area contributed by atoms with Crippen LogP contribution in [0.5, 0.6) is 0 Å². The van der Waals surface area contributed by atoms with E-state index in [-0.39, 0.29) is 17.4 Å². The molecule has 0 aromatic heterocycles. The number of nitro benzene ring substituents is 1. The second-order valence-electron chi connectivity index (χ2n) is 7.78. The van der Waals surface area contributed by atoms with Crippen molar-refractivity contribution in [3.8, 4) is 0 Å². The first-order valence-electron chi connectivity index (χ1n) is 10.7. The number of rotatable bonds is 5. The van der Waals surface area contributed by atoms with Gasteiger partial charge in [0.2, 0.25) is 0 Å². The summed E-state index contributed by atoms with van der Waals surface area (Å²) in [6.45, 7) is 1.97. The highest BCUT2D eigenvalue weighted by Gasteiger charge is 2.31. The Morgan fingerprint density at radius 2 is 1.30 bits per heavy atom. The maximum atomic E-state index is 12.7. The molecule has 0 bridgehead atoms. The smallest absolute Gasteiger partial charge is 0.314 e. The first kappa shape index (κ1) is 22.2. The lowest BCUT2D eigenvalue weighted by atomic mass is 9.96. The van der Waals surface area contributed by atoms with Crippen LogP contribution in [-0.2, 0) is 9.59 Å². The van der Waals surface area contributed by atoms with Gasteiger partial charge in [0.25, 0.3) is 5.69 Å². The average molecular weight is 444 g/mol. The Balaban J connectivity index is 1.44. The monoisotopic (exact) mass is 444 g/mol. The molecule has 0 spiro atoms. The van der Waals surface area contributed by atoms with Gasteiger partial charge < -0.3 is 10.2 Å². The summed E-state index contributed by atoms with van der Waals surface area (Å²) >= 11 is 0. The van der Waals surface area contributed by atoms with Gasteiger partial charge in [-0.15, -0.1) is 0 Å². The van der Waals surface area contributed by atoms with E-state index in [2.05, 4.69) is 34.5 Å². The van der Waals surface area contributed by atoms with Crippen molar-refractivity contribution in [3.05, 3.63) is 106 Å². The number of benzene rings is 3. The van der Waals surface area contributed by atoms with Crippen molar-refractivity contribution in [1.82, 2.24) is 9.80 Å². The molecule has 8 nitrogen and oxygen atoms in total. The second-order valence-corrected chi connectivity index (χ2v) is 7.78. The quantitative estimate of drug-likeness (QED) is 0.369. The molecule has 1 N–H and O–H groups in total. The van der Waals surface area contributed by atoms with E-state index < -0.39 is 16.7 Å². The van der Waals surface area contributed by atoms with Crippen molar-refractivity contribution in [2.24, 2.45) is 0 Å². The molecule has 4 rings (SSSR count). The fourth-order valence-corrected chi connectivity index (χ4v) is 4.13. The number of carbonyl (C=O) groups is 2. The van der Waals surface area contributed by atoms with E-state index in [4.69, 9.17) is 0 Å². The number of piperazine rings is 1. The molecule has 33 heavy (non-hydrogen) atoms. The van der Waals surface area contributed by atoms with Crippen LogP contribution in [0.25, 0.3) is 0 Å². The number of anilines is 1. The van der Waals surface area contributed by atoms with Crippen LogP contribution in [0.3, 0.4) is 0 Å². The lowest BCUT2D eigenvalue weighted by molar-refractivity contribution is -0.383. The zero-order chi connectivity index (χ0) is 23.2. The van der Waals surface area contributed by atoms with E-state index in [1.165, 1.54) is 23.1 Å². The molecule has 8 heteroatoms. The first-order valence-corrected chi connectivity index (χ1v) is 10.7. The van der Waals surface area contributed by atoms with Crippen LogP contribution >= 0.6 is 0 Å². The third kappa shape index (κ3) is 5.07. The molecule has 1 saturated heterocycles. The number of hydrogen-bond acceptors (Lipinski definition) is 5. The summed E-state index contributed by atoms with van der Waals surface area (Å²) in [4.78, 5) is 39.6. The lowest BCUT2D eigenvalue weighted by Gasteiger charge is -2.39. The van der Waals surface area contributed by atoms with Crippen LogP contribution in [0.4, 0.5) is 11.4 Å². The molecule has 0 unspecified atom stereocenters. The molecule has 0 radical (unpaired) electrons. The fourth-order valence-electron chi connectivity index (χ4n) is 4.13. The van der Waals surface area contributed by atoms with Crippen molar-refractivity contribution in [2.45, 2.75) is 6.04 Å². The largest absolute Gasteiger partial charge is 0.332 e. The molecule has 2 amide bonds. The number of para-hydroxylation sites is 2. The van der Waals surface area contributed by atoms with E-state index in [1.807, 2.05) is 36.4 Å². The van der Waals surface area contributed by atoms with Gasteiger partial charge in [-0.05, 0) is 17.2 Å². The van der Waals surface area contributed by atoms with Crippen molar-refractivity contribution in [3.63, 3.8) is 0 Å². The maximum absolute atomic E-state index is 12.7. The van der Waals surface area contributed by atoms with Gasteiger partial charge in [0.15, 0.2) is 0 Å². The molecule has 0 aliphatic carbocycles. The SMILES string of the molecule is O=C(Nc1ccccc1[N+](=O)[O-])C(=O)N1CCN(C(c2ccccc2)c2ccccc2)CC1. The lowest BCUT2D eigenvalue weighted by Crippen LogP contribution is -2.52. The minimum absolute atomic E-state index is 0.00713. The van der Waals surface area contributed by atoms with Crippen LogP contribution in [0.1, 0.15) is 17.2 Å². The number of nitrogens with zero attached hydrogens (tertiary/aromatic N) is 3. The van der Waals surface area contributed by atoms with Gasteiger partial charge >= 0.3 is 11.8 Å². The van der Waals surface area contributed by atoms with Crippen LogP contribution < -0.4 is 5.32 Å². The summed E-state index contributed by atoms with van der Waals surface area (Å²) in [6.07, 6.45) is 0. The molecule has 1 aliphatic rings. The summed E-state index contributed by atoms with van der Waals surface area (Å²) in [7, 11) is 0. The highest BCUT2D eigenvalue weighted by atomic mass is 16.6. The third-order valence-electron chi connectivity index (χ3n) is 5.74. The Hall–Kier alpha value is -4.04. The minimum atomic E-state index is -0.875. The van der Waals surface area contributed by atoms with Crippen molar-refractivity contribution in [2.75, 3.05) is 31.5 Å². The second kappa shape index (κ2) is 10.1. The van der Waals surface area contributed by atoms with E-state index in [1.54, 1.807) is 6.07 Å². The number of amides is 2. The molecular formula is C25H24N4O4. The minimum Gasteiger partial charge on any atom is -0.332 e. The Morgan fingerprint density at radius 3 is 1.85 bits per heavy atom. The van der Waals surface area contributed by atoms with E-state index >= 15 is 0 Å². The highest BCUT2D eigenvalue weighted by Crippen LogP contribution is 2.29. The van der Waals surface area contributed by atoms with Gasteiger partial charge in [-0.3, -0.25) is 24.6 Å². The third-order valence-corrected chi connectivity index (χ3v) is 5.74. The van der Waals surface area contributed by atoms with Crippen LogP contribution in [-0.4, -0.2) is 52.7 Å². The van der Waals surface area contributed by atoms with Crippen molar-refractivity contribution >= 4 is 23.2 Å². The molecule has 1 fully saturated rings. The summed E-state index contributed by atoms with van der Waals surface area (Å²) in [5, 5.41) is 13.6. The highest BCUT2D eigenvalue weighted by molar-refractivity contribution is 6.39. The normalized spacial score (nSPS) is 14.2. The number of hydrogen-bond donors (Lipinski definition) is 1. The van der Waals surface area contributed by atoms with Gasteiger partial charge in [0.1, 0.15) is 5.69 Å². The van der Waals surface area contributed by atoms with Crippen molar-refractivity contribution < 1.29 is 14.5 Å². The first-order chi connectivity index (χ1) is 16.0.